The van der Waals surface area contributed by atoms with Gasteiger partial charge in [0, 0.05) is 26.2 Å². The Morgan fingerprint density at radius 2 is 1.87 bits per heavy atom. The number of hydrogen-bond acceptors (Lipinski definition) is 7. The van der Waals surface area contributed by atoms with Crippen molar-refractivity contribution in [1.82, 2.24) is 18.7 Å². The molecule has 2 atom stereocenters. The largest absolute Gasteiger partial charge is 0.390 e. The normalized spacial score (nSPS) is 13.5. The molecule has 0 aliphatic carbocycles. The highest BCUT2D eigenvalue weighted by Crippen LogP contribution is 2.19. The number of nitro benzene ring substituents is 1. The molecule has 30 heavy (non-hydrogen) atoms. The van der Waals surface area contributed by atoms with Gasteiger partial charge in [-0.2, -0.15) is 0 Å². The van der Waals surface area contributed by atoms with Gasteiger partial charge in [0.2, 0.25) is 0 Å². The standard InChI is InChI=1S/C18H22N6O6/c1-21-16-14(17(27)22(2)18(21)28)23(10-20-16)8-7-19-13(9-25)15(26)11-3-5-12(6-4-11)24(29)30/h3-6,10,13,15,19,25-26H,7-9H2,1-2H3/p+1/t13-,15-/m1/s1. The number of benzene rings is 1. The van der Waals surface area contributed by atoms with Crippen molar-refractivity contribution in [2.45, 2.75) is 18.7 Å². The first-order valence-electron chi connectivity index (χ1n) is 9.23. The Morgan fingerprint density at radius 1 is 1.20 bits per heavy atom. The van der Waals surface area contributed by atoms with Crippen LogP contribution in [0.4, 0.5) is 5.69 Å². The fourth-order valence-electron chi connectivity index (χ4n) is 3.34. The van der Waals surface area contributed by atoms with Gasteiger partial charge in [-0.05, 0) is 17.7 Å². The van der Waals surface area contributed by atoms with Gasteiger partial charge in [0.15, 0.2) is 11.2 Å². The molecular weight excluding hydrogens is 396 g/mol. The van der Waals surface area contributed by atoms with E-state index < -0.39 is 28.3 Å². The van der Waals surface area contributed by atoms with Crippen molar-refractivity contribution in [3.63, 3.8) is 0 Å². The lowest BCUT2D eigenvalue weighted by Crippen LogP contribution is -2.92. The van der Waals surface area contributed by atoms with E-state index in [4.69, 9.17) is 0 Å². The second-order valence-electron chi connectivity index (χ2n) is 6.98. The van der Waals surface area contributed by atoms with Crippen LogP contribution in [0.3, 0.4) is 0 Å². The third kappa shape index (κ3) is 3.87. The summed E-state index contributed by atoms with van der Waals surface area (Å²) in [7, 11) is 2.94. The number of fused-ring (bicyclic) bond motifs is 1. The van der Waals surface area contributed by atoms with E-state index in [1.54, 1.807) is 9.88 Å². The SMILES string of the molecule is Cn1c(=O)c2c(ncn2CC[NH2+][C@H](CO)[C@H](O)c2ccc([N+](=O)[O-])cc2)n(C)c1=O. The van der Waals surface area contributed by atoms with Crippen molar-refractivity contribution in [3.8, 4) is 0 Å². The van der Waals surface area contributed by atoms with Crippen LogP contribution < -0.4 is 16.6 Å². The van der Waals surface area contributed by atoms with Gasteiger partial charge >= 0.3 is 5.69 Å². The number of aliphatic hydroxyl groups excluding tert-OH is 2. The van der Waals surface area contributed by atoms with Crippen molar-refractivity contribution < 1.29 is 20.5 Å². The molecule has 0 saturated heterocycles. The summed E-state index contributed by atoms with van der Waals surface area (Å²) < 4.78 is 3.94. The quantitative estimate of drug-likeness (QED) is 0.281. The van der Waals surface area contributed by atoms with E-state index in [-0.39, 0.29) is 17.9 Å². The molecule has 160 valence electrons. The van der Waals surface area contributed by atoms with Gasteiger partial charge in [-0.3, -0.25) is 24.0 Å². The minimum atomic E-state index is -1.04. The second-order valence-corrected chi connectivity index (χ2v) is 6.98. The van der Waals surface area contributed by atoms with Gasteiger partial charge in [-0.25, -0.2) is 9.78 Å². The number of aryl methyl sites for hydroxylation is 1. The van der Waals surface area contributed by atoms with Crippen LogP contribution in [0.2, 0.25) is 0 Å². The van der Waals surface area contributed by atoms with Crippen molar-refractivity contribution >= 4 is 16.9 Å². The molecule has 3 aromatic rings. The number of rotatable bonds is 8. The zero-order valence-electron chi connectivity index (χ0n) is 16.5. The molecule has 0 fully saturated rings. The van der Waals surface area contributed by atoms with Crippen LogP contribution >= 0.6 is 0 Å². The molecule has 0 unspecified atom stereocenters. The van der Waals surface area contributed by atoms with E-state index in [1.165, 1.54) is 49.3 Å². The van der Waals surface area contributed by atoms with Gasteiger partial charge in [0.1, 0.15) is 12.1 Å². The summed E-state index contributed by atoms with van der Waals surface area (Å²) in [6.45, 7) is 0.444. The van der Waals surface area contributed by atoms with Crippen LogP contribution in [0.5, 0.6) is 0 Å². The number of nitrogens with zero attached hydrogens (tertiary/aromatic N) is 5. The molecule has 0 saturated carbocycles. The van der Waals surface area contributed by atoms with Crippen molar-refractivity contribution in [1.29, 1.82) is 0 Å². The molecular formula is C18H23N6O6+. The summed E-state index contributed by atoms with van der Waals surface area (Å²) in [6.07, 6.45) is 0.434. The topological polar surface area (TPSA) is 162 Å². The molecule has 3 rings (SSSR count). The zero-order valence-corrected chi connectivity index (χ0v) is 16.5. The van der Waals surface area contributed by atoms with Crippen molar-refractivity contribution in [2.24, 2.45) is 14.1 Å². The number of aromatic nitrogens is 4. The molecule has 4 N–H and O–H groups in total. The highest BCUT2D eigenvalue weighted by molar-refractivity contribution is 5.69. The molecule has 0 bridgehead atoms. The predicted octanol–water partition coefficient (Wildman–Crippen LogP) is -2.00. The Kier molecular flexibility index (Phi) is 6.10. The Hall–Kier alpha value is -3.35. The Labute approximate surface area is 169 Å². The summed E-state index contributed by atoms with van der Waals surface area (Å²) in [5.74, 6) is 0. The van der Waals surface area contributed by atoms with E-state index in [0.29, 0.717) is 24.2 Å². The first kappa shape index (κ1) is 21.4. The van der Waals surface area contributed by atoms with Crippen molar-refractivity contribution in [2.75, 3.05) is 13.2 Å². The predicted molar refractivity (Wildman–Crippen MR) is 106 cm³/mol. The fourth-order valence-corrected chi connectivity index (χ4v) is 3.34. The number of imidazole rings is 1. The summed E-state index contributed by atoms with van der Waals surface area (Å²) in [4.78, 5) is 38.8. The Bertz CT molecular complexity index is 1180. The summed E-state index contributed by atoms with van der Waals surface area (Å²) in [6, 6.07) is 4.89. The van der Waals surface area contributed by atoms with Crippen LogP contribution in [0.25, 0.3) is 11.2 Å². The molecule has 12 nitrogen and oxygen atoms in total. The molecule has 0 spiro atoms. The first-order valence-corrected chi connectivity index (χ1v) is 9.23. The lowest BCUT2D eigenvalue weighted by Gasteiger charge is -2.19. The van der Waals surface area contributed by atoms with Crippen LogP contribution in [0.15, 0.2) is 40.2 Å². The molecule has 0 amide bonds. The van der Waals surface area contributed by atoms with Crippen LogP contribution in [-0.4, -0.2) is 53.0 Å². The van der Waals surface area contributed by atoms with Gasteiger partial charge in [0.05, 0.1) is 30.9 Å². The number of hydrogen-bond donors (Lipinski definition) is 3. The molecule has 1 aromatic carbocycles. The maximum atomic E-state index is 12.5. The van der Waals surface area contributed by atoms with E-state index in [2.05, 4.69) is 4.98 Å². The lowest BCUT2D eigenvalue weighted by atomic mass is 10.0. The zero-order chi connectivity index (χ0) is 22.0. The van der Waals surface area contributed by atoms with Gasteiger partial charge in [-0.15, -0.1) is 0 Å². The highest BCUT2D eigenvalue weighted by Gasteiger charge is 2.24. The molecule has 2 heterocycles. The fraction of sp³-hybridized carbons (Fsp3) is 0.389. The maximum Gasteiger partial charge on any atom is 0.332 e. The van der Waals surface area contributed by atoms with Gasteiger partial charge in [-0.1, -0.05) is 0 Å². The number of nitrogens with two attached hydrogens (primary N) is 1. The average Bonchev–Trinajstić information content (AvgIpc) is 3.17. The highest BCUT2D eigenvalue weighted by atomic mass is 16.6. The van der Waals surface area contributed by atoms with Crippen LogP contribution in [-0.2, 0) is 20.6 Å². The lowest BCUT2D eigenvalue weighted by molar-refractivity contribution is -0.700. The van der Waals surface area contributed by atoms with E-state index in [9.17, 15) is 29.9 Å². The van der Waals surface area contributed by atoms with Crippen LogP contribution in [0.1, 0.15) is 11.7 Å². The van der Waals surface area contributed by atoms with E-state index >= 15 is 0 Å². The minimum absolute atomic E-state index is 0.0848. The second kappa shape index (κ2) is 8.57. The molecule has 2 aromatic heterocycles. The van der Waals surface area contributed by atoms with Crippen molar-refractivity contribution in [3.05, 3.63) is 67.1 Å². The summed E-state index contributed by atoms with van der Waals surface area (Å²) >= 11 is 0. The Morgan fingerprint density at radius 3 is 2.47 bits per heavy atom. The third-order valence-corrected chi connectivity index (χ3v) is 5.12. The van der Waals surface area contributed by atoms with Gasteiger partial charge < -0.3 is 20.1 Å². The molecule has 0 aliphatic heterocycles. The van der Waals surface area contributed by atoms with E-state index in [0.717, 1.165) is 4.57 Å². The third-order valence-electron chi connectivity index (χ3n) is 5.12. The number of aliphatic hydroxyl groups is 2. The Balaban J connectivity index is 1.72. The summed E-state index contributed by atoms with van der Waals surface area (Å²) in [5.41, 5.74) is 0.0367. The number of non-ortho nitro benzene ring substituents is 1. The molecule has 0 radical (unpaired) electrons. The average molecular weight is 419 g/mol. The smallest absolute Gasteiger partial charge is 0.332 e. The number of quaternary nitrogens is 1. The molecule has 0 aliphatic rings. The van der Waals surface area contributed by atoms with E-state index in [1.807, 2.05) is 0 Å². The molecule has 12 heteroatoms. The maximum absolute atomic E-state index is 12.5. The van der Waals surface area contributed by atoms with Gasteiger partial charge in [0.25, 0.3) is 11.2 Å². The first-order chi connectivity index (χ1) is 14.3. The van der Waals surface area contributed by atoms with Crippen LogP contribution in [0, 0.1) is 10.1 Å². The monoisotopic (exact) mass is 419 g/mol. The summed E-state index contributed by atoms with van der Waals surface area (Å²) in [5, 5.41) is 32.7. The number of nitro groups is 1. The minimum Gasteiger partial charge on any atom is -0.390 e.